The molecule has 0 saturated carbocycles. The third-order valence-corrected chi connectivity index (χ3v) is 3.58. The maximum absolute atomic E-state index is 12.5. The number of imidazole rings is 1. The van der Waals surface area contributed by atoms with Gasteiger partial charge in [0.25, 0.3) is 0 Å². The Kier molecular flexibility index (Phi) is 4.17. The van der Waals surface area contributed by atoms with Crippen molar-refractivity contribution in [3.63, 3.8) is 0 Å². The molecule has 8 nitrogen and oxygen atoms in total. The van der Waals surface area contributed by atoms with Crippen molar-refractivity contribution < 1.29 is 18.3 Å². The van der Waals surface area contributed by atoms with Gasteiger partial charge in [0.15, 0.2) is 5.78 Å². The minimum absolute atomic E-state index is 0.0426. The minimum Gasteiger partial charge on any atom is -0.434 e. The second-order valence-corrected chi connectivity index (χ2v) is 5.15. The van der Waals surface area contributed by atoms with E-state index in [4.69, 9.17) is 0 Å². The van der Waals surface area contributed by atoms with E-state index >= 15 is 0 Å². The van der Waals surface area contributed by atoms with Crippen LogP contribution in [0.4, 0.5) is 8.78 Å². The Labute approximate surface area is 138 Å². The second-order valence-electron chi connectivity index (χ2n) is 5.15. The molecule has 1 aromatic carbocycles. The Morgan fingerprint density at radius 3 is 2.72 bits per heavy atom. The summed E-state index contributed by atoms with van der Waals surface area (Å²) in [5.41, 5.74) is -1.21. The summed E-state index contributed by atoms with van der Waals surface area (Å²) >= 11 is 0. The molecule has 0 amide bonds. The van der Waals surface area contributed by atoms with Gasteiger partial charge in [0.05, 0.1) is 23.9 Å². The van der Waals surface area contributed by atoms with Gasteiger partial charge in [-0.3, -0.25) is 14.3 Å². The normalized spacial score (nSPS) is 11.2. The van der Waals surface area contributed by atoms with Gasteiger partial charge in [-0.2, -0.15) is 8.78 Å². The maximum atomic E-state index is 12.5. The first-order valence-corrected chi connectivity index (χ1v) is 7.11. The fraction of sp³-hybridized carbons (Fsp3) is 0.200. The molecule has 0 aliphatic heterocycles. The first kappa shape index (κ1) is 16.6. The van der Waals surface area contributed by atoms with Crippen LogP contribution in [0.5, 0.6) is 5.75 Å². The van der Waals surface area contributed by atoms with Crippen LogP contribution in [0.3, 0.4) is 0 Å². The molecule has 0 fully saturated rings. The Morgan fingerprint density at radius 1 is 1.28 bits per heavy atom. The van der Waals surface area contributed by atoms with Gasteiger partial charge in [0.2, 0.25) is 5.78 Å². The molecule has 130 valence electrons. The number of hydrogen-bond donors (Lipinski definition) is 1. The number of para-hydroxylation sites is 1. The lowest BCUT2D eigenvalue weighted by molar-refractivity contribution is -0.0501. The number of ketones is 1. The Balaban J connectivity index is 2.01. The van der Waals surface area contributed by atoms with Crippen molar-refractivity contribution in [3.8, 4) is 5.75 Å². The molecular formula is C15H12F2N4O4. The van der Waals surface area contributed by atoms with Crippen LogP contribution >= 0.6 is 0 Å². The summed E-state index contributed by atoms with van der Waals surface area (Å²) in [5.74, 6) is -0.724. The van der Waals surface area contributed by atoms with Crippen LogP contribution in [-0.2, 0) is 13.5 Å². The van der Waals surface area contributed by atoms with Crippen LogP contribution in [0.2, 0.25) is 0 Å². The number of aryl methyl sites for hydroxylation is 1. The molecular weight excluding hydrogens is 338 g/mol. The average Bonchev–Trinajstić information content (AvgIpc) is 2.97. The van der Waals surface area contributed by atoms with Gasteiger partial charge in [0.1, 0.15) is 5.75 Å². The molecule has 1 N–H and O–H groups in total. The van der Waals surface area contributed by atoms with Gasteiger partial charge in [-0.25, -0.2) is 19.0 Å². The number of carbonyl (C=O) groups excluding carboxylic acids is 1. The number of hydrogen-bond acceptors (Lipinski definition) is 5. The summed E-state index contributed by atoms with van der Waals surface area (Å²) in [7, 11) is 1.41. The zero-order valence-corrected chi connectivity index (χ0v) is 12.9. The van der Waals surface area contributed by atoms with Gasteiger partial charge in [-0.1, -0.05) is 12.1 Å². The molecule has 3 aromatic rings. The fourth-order valence-electron chi connectivity index (χ4n) is 2.44. The number of ether oxygens (including phenoxy) is 1. The van der Waals surface area contributed by atoms with Crippen molar-refractivity contribution in [3.05, 3.63) is 62.7 Å². The number of fused-ring (bicyclic) bond motifs is 1. The molecule has 2 heterocycles. The highest BCUT2D eigenvalue weighted by Crippen LogP contribution is 2.22. The largest absolute Gasteiger partial charge is 0.434 e. The lowest BCUT2D eigenvalue weighted by atomic mass is 10.1. The minimum atomic E-state index is -3.07. The van der Waals surface area contributed by atoms with E-state index in [0.29, 0.717) is 0 Å². The number of aromatic amines is 1. The van der Waals surface area contributed by atoms with Crippen molar-refractivity contribution in [2.24, 2.45) is 7.05 Å². The van der Waals surface area contributed by atoms with Gasteiger partial charge >= 0.3 is 18.0 Å². The van der Waals surface area contributed by atoms with E-state index < -0.39 is 23.8 Å². The highest BCUT2D eigenvalue weighted by Gasteiger charge is 2.19. The third kappa shape index (κ3) is 3.05. The zero-order valence-electron chi connectivity index (χ0n) is 12.9. The number of nitrogens with one attached hydrogen (secondary N) is 1. The Bertz CT molecular complexity index is 1070. The lowest BCUT2D eigenvalue weighted by Crippen LogP contribution is -2.34. The number of H-pyrrole nitrogens is 1. The van der Waals surface area contributed by atoms with E-state index in [1.807, 2.05) is 0 Å². The average molecular weight is 350 g/mol. The van der Waals surface area contributed by atoms with Crippen LogP contribution < -0.4 is 16.1 Å². The predicted molar refractivity (Wildman–Crippen MR) is 82.2 cm³/mol. The molecule has 0 aliphatic carbocycles. The lowest BCUT2D eigenvalue weighted by Gasteiger charge is -2.09. The van der Waals surface area contributed by atoms with E-state index in [9.17, 15) is 23.2 Å². The zero-order chi connectivity index (χ0) is 18.1. The highest BCUT2D eigenvalue weighted by molar-refractivity contribution is 5.99. The number of Topliss-reactive ketones (excluding diaryl/α,β-unsaturated/α-hetero) is 1. The number of aromatic nitrogens is 4. The predicted octanol–water partition coefficient (Wildman–Crippen LogP) is 0.748. The van der Waals surface area contributed by atoms with Crippen LogP contribution in [0, 0.1) is 0 Å². The SMILES string of the molecule is Cn1c(=O)[nH]c(=O)n2c(CC(=O)c3ccccc3OC(F)F)cnc12. The monoisotopic (exact) mass is 350 g/mol. The molecule has 0 radical (unpaired) electrons. The molecule has 10 heteroatoms. The summed E-state index contributed by atoms with van der Waals surface area (Å²) in [6, 6.07) is 5.58. The molecule has 3 rings (SSSR count). The van der Waals surface area contributed by atoms with Gasteiger partial charge in [-0.15, -0.1) is 0 Å². The molecule has 2 aromatic heterocycles. The second kappa shape index (κ2) is 6.30. The van der Waals surface area contributed by atoms with E-state index in [2.05, 4.69) is 14.7 Å². The summed E-state index contributed by atoms with van der Waals surface area (Å²) in [4.78, 5) is 42.1. The van der Waals surface area contributed by atoms with Crippen molar-refractivity contribution in [1.29, 1.82) is 0 Å². The summed E-state index contributed by atoms with van der Waals surface area (Å²) in [6.07, 6.45) is 0.991. The number of benzene rings is 1. The molecule has 0 spiro atoms. The first-order valence-electron chi connectivity index (χ1n) is 7.11. The summed E-state index contributed by atoms with van der Waals surface area (Å²) < 4.78 is 31.5. The number of carbonyl (C=O) groups is 1. The third-order valence-electron chi connectivity index (χ3n) is 3.58. The van der Waals surface area contributed by atoms with E-state index in [-0.39, 0.29) is 29.2 Å². The molecule has 0 atom stereocenters. The Morgan fingerprint density at radius 2 is 2.00 bits per heavy atom. The van der Waals surface area contributed by atoms with Crippen LogP contribution in [0.1, 0.15) is 16.1 Å². The first-order chi connectivity index (χ1) is 11.9. The number of nitrogens with zero attached hydrogens (tertiary/aromatic N) is 3. The molecule has 0 unspecified atom stereocenters. The van der Waals surface area contributed by atoms with Crippen LogP contribution in [-0.4, -0.2) is 31.3 Å². The summed E-state index contributed by atoms with van der Waals surface area (Å²) in [6.45, 7) is -3.07. The van der Waals surface area contributed by atoms with Crippen molar-refractivity contribution in [2.75, 3.05) is 0 Å². The van der Waals surface area contributed by atoms with E-state index in [1.54, 1.807) is 0 Å². The van der Waals surface area contributed by atoms with Gasteiger partial charge in [0, 0.05) is 7.05 Å². The molecule has 0 aliphatic rings. The standard InChI is InChI=1S/C15H12F2N4O4/c1-20-13-18-7-8(21(13)15(24)19-14(20)23)6-10(22)9-4-2-3-5-11(9)25-12(16)17/h2-5,7,12H,6H2,1H3,(H,19,23,24). The van der Waals surface area contributed by atoms with Crippen LogP contribution in [0.25, 0.3) is 5.78 Å². The number of rotatable bonds is 5. The summed E-state index contributed by atoms with van der Waals surface area (Å²) in [5, 5.41) is 0. The molecule has 0 bridgehead atoms. The maximum Gasteiger partial charge on any atom is 0.387 e. The van der Waals surface area contributed by atoms with Gasteiger partial charge in [-0.05, 0) is 12.1 Å². The number of alkyl halides is 2. The van der Waals surface area contributed by atoms with Crippen molar-refractivity contribution in [2.45, 2.75) is 13.0 Å². The smallest absolute Gasteiger partial charge is 0.387 e. The molecule has 0 saturated heterocycles. The van der Waals surface area contributed by atoms with Crippen molar-refractivity contribution in [1.82, 2.24) is 18.9 Å². The molecule has 25 heavy (non-hydrogen) atoms. The van der Waals surface area contributed by atoms with Gasteiger partial charge < -0.3 is 4.74 Å². The van der Waals surface area contributed by atoms with Crippen molar-refractivity contribution >= 4 is 11.6 Å². The topological polar surface area (TPSA) is 98.5 Å². The Hall–Kier alpha value is -3.30. The van der Waals surface area contributed by atoms with E-state index in [0.717, 1.165) is 8.97 Å². The fourth-order valence-corrected chi connectivity index (χ4v) is 2.44. The number of halogens is 2. The highest BCUT2D eigenvalue weighted by atomic mass is 19.3. The van der Waals surface area contributed by atoms with E-state index in [1.165, 1.54) is 37.5 Å². The van der Waals surface area contributed by atoms with Crippen LogP contribution in [0.15, 0.2) is 40.1 Å². The quantitative estimate of drug-likeness (QED) is 0.685.